The van der Waals surface area contributed by atoms with Gasteiger partial charge in [0.05, 0.1) is 38.6 Å². The molecule has 18 nitrogen and oxygen atoms in total. The number of aliphatic hydroxyl groups is 10. The zero-order valence-corrected chi connectivity index (χ0v) is 28.0. The van der Waals surface area contributed by atoms with Crippen molar-refractivity contribution in [3.05, 3.63) is 34.9 Å². The van der Waals surface area contributed by atoms with Crippen LogP contribution in [-0.2, 0) is 39.7 Å². The number of morpholine rings is 1. The zero-order valence-electron chi connectivity index (χ0n) is 27.2. The van der Waals surface area contributed by atoms with Crippen LogP contribution >= 0.6 is 11.6 Å². The molecule has 286 valence electrons. The van der Waals surface area contributed by atoms with E-state index in [9.17, 15) is 51.1 Å². The highest BCUT2D eigenvalue weighted by Crippen LogP contribution is 2.31. The SMILES string of the molecule is CC1OC(COC2OC(CO)C(O)C(OC3CN(Cc4ccc(Cl)cc4)CC(CO)O3)C2O)C(O)C(OC2OC(CO)C(O)C(O)C2O)C1O. The summed E-state index contributed by atoms with van der Waals surface area (Å²) in [5, 5.41) is 105. The van der Waals surface area contributed by atoms with Crippen LogP contribution in [-0.4, -0.2) is 200 Å². The van der Waals surface area contributed by atoms with Crippen molar-refractivity contribution in [3.63, 3.8) is 0 Å². The highest BCUT2D eigenvalue weighted by Gasteiger charge is 2.51. The second-order valence-corrected chi connectivity index (χ2v) is 13.4. The maximum absolute atomic E-state index is 11.3. The first-order valence-corrected chi connectivity index (χ1v) is 16.8. The van der Waals surface area contributed by atoms with E-state index in [0.29, 0.717) is 18.1 Å². The minimum absolute atomic E-state index is 0.198. The lowest BCUT2D eigenvalue weighted by molar-refractivity contribution is -0.352. The third kappa shape index (κ3) is 9.11. The van der Waals surface area contributed by atoms with Gasteiger partial charge in [-0.3, -0.25) is 4.90 Å². The van der Waals surface area contributed by atoms with E-state index in [1.54, 1.807) is 12.1 Å². The Morgan fingerprint density at radius 3 is 1.94 bits per heavy atom. The molecular weight excluding hydrogens is 694 g/mol. The average Bonchev–Trinajstić information content (AvgIpc) is 3.11. The van der Waals surface area contributed by atoms with Crippen molar-refractivity contribution < 1.29 is 84.2 Å². The molecule has 10 N–H and O–H groups in total. The third-order valence-corrected chi connectivity index (χ3v) is 9.61. The van der Waals surface area contributed by atoms with Crippen molar-refractivity contribution in [3.8, 4) is 0 Å². The van der Waals surface area contributed by atoms with Crippen molar-refractivity contribution in [1.82, 2.24) is 4.90 Å². The molecule has 4 heterocycles. The normalized spacial score (nSPS) is 44.7. The van der Waals surface area contributed by atoms with Gasteiger partial charge in [-0.05, 0) is 24.6 Å². The topological polar surface area (TPSA) is 270 Å². The van der Waals surface area contributed by atoms with Crippen LogP contribution in [0.5, 0.6) is 0 Å². The summed E-state index contributed by atoms with van der Waals surface area (Å²) in [4.78, 5) is 1.97. The summed E-state index contributed by atoms with van der Waals surface area (Å²) >= 11 is 6.00. The molecule has 0 amide bonds. The number of nitrogens with zero attached hydrogens (tertiary/aromatic N) is 1. The highest BCUT2D eigenvalue weighted by molar-refractivity contribution is 6.30. The molecule has 17 atom stereocenters. The first-order chi connectivity index (χ1) is 23.8. The van der Waals surface area contributed by atoms with Crippen molar-refractivity contribution >= 4 is 11.6 Å². The lowest BCUT2D eigenvalue weighted by Crippen LogP contribution is -2.65. The minimum Gasteiger partial charge on any atom is -0.394 e. The molecule has 0 aliphatic carbocycles. The molecule has 0 bridgehead atoms. The first kappa shape index (κ1) is 40.0. The van der Waals surface area contributed by atoms with E-state index < -0.39 is 124 Å². The van der Waals surface area contributed by atoms with Crippen molar-refractivity contribution in [1.29, 1.82) is 0 Å². The lowest BCUT2D eigenvalue weighted by atomic mass is 9.94. The number of ether oxygens (including phenoxy) is 7. The Labute approximate surface area is 292 Å². The number of aliphatic hydroxyl groups excluding tert-OH is 10. The monoisotopic (exact) mass is 741 g/mol. The molecule has 0 aromatic heterocycles. The highest BCUT2D eigenvalue weighted by atomic mass is 35.5. The Kier molecular flexibility index (Phi) is 14.2. The molecule has 0 saturated carbocycles. The van der Waals surface area contributed by atoms with Crippen molar-refractivity contribution in [2.75, 3.05) is 39.5 Å². The van der Waals surface area contributed by atoms with Gasteiger partial charge in [0, 0.05) is 24.7 Å². The van der Waals surface area contributed by atoms with Crippen LogP contribution < -0.4 is 0 Å². The Hall–Kier alpha value is -1.21. The maximum atomic E-state index is 11.3. The van der Waals surface area contributed by atoms with Gasteiger partial charge in [-0.25, -0.2) is 0 Å². The van der Waals surface area contributed by atoms with Crippen molar-refractivity contribution in [2.45, 2.75) is 118 Å². The van der Waals surface area contributed by atoms with E-state index in [0.717, 1.165) is 5.56 Å². The van der Waals surface area contributed by atoms with Crippen LogP contribution in [0.4, 0.5) is 0 Å². The van der Waals surface area contributed by atoms with Crippen LogP contribution in [0.15, 0.2) is 24.3 Å². The first-order valence-electron chi connectivity index (χ1n) is 16.4. The van der Waals surface area contributed by atoms with E-state index in [4.69, 9.17) is 44.8 Å². The molecule has 1 aromatic rings. The number of hydrogen-bond acceptors (Lipinski definition) is 18. The Bertz CT molecular complexity index is 1190. The molecule has 4 saturated heterocycles. The number of rotatable bonds is 12. The fraction of sp³-hybridized carbons (Fsp3) is 0.806. The van der Waals surface area contributed by atoms with Gasteiger partial charge in [0.1, 0.15) is 73.2 Å². The van der Waals surface area contributed by atoms with Gasteiger partial charge < -0.3 is 84.2 Å². The predicted molar refractivity (Wildman–Crippen MR) is 166 cm³/mol. The van der Waals surface area contributed by atoms with Gasteiger partial charge in [0.2, 0.25) is 0 Å². The summed E-state index contributed by atoms with van der Waals surface area (Å²) in [6.45, 7) is 0.326. The lowest BCUT2D eigenvalue weighted by Gasteiger charge is -2.47. The molecule has 0 spiro atoms. The van der Waals surface area contributed by atoms with Gasteiger partial charge in [-0.2, -0.15) is 0 Å². The van der Waals surface area contributed by atoms with E-state index in [1.807, 2.05) is 17.0 Å². The van der Waals surface area contributed by atoms with Gasteiger partial charge >= 0.3 is 0 Å². The molecule has 4 aliphatic heterocycles. The Morgan fingerprint density at radius 2 is 1.28 bits per heavy atom. The number of hydrogen-bond donors (Lipinski definition) is 10. The molecular formula is C31H48ClNO17. The van der Waals surface area contributed by atoms with E-state index >= 15 is 0 Å². The quantitative estimate of drug-likeness (QED) is 0.0965. The summed E-state index contributed by atoms with van der Waals surface area (Å²) in [5.74, 6) is 0. The van der Waals surface area contributed by atoms with E-state index in [2.05, 4.69) is 0 Å². The molecule has 0 radical (unpaired) electrons. The molecule has 5 rings (SSSR count). The smallest absolute Gasteiger partial charge is 0.187 e. The third-order valence-electron chi connectivity index (χ3n) is 9.36. The predicted octanol–water partition coefficient (Wildman–Crippen LogP) is -4.61. The van der Waals surface area contributed by atoms with Gasteiger partial charge in [0.25, 0.3) is 0 Å². The van der Waals surface area contributed by atoms with Crippen molar-refractivity contribution in [2.24, 2.45) is 0 Å². The van der Waals surface area contributed by atoms with E-state index in [-0.39, 0.29) is 13.2 Å². The Morgan fingerprint density at radius 1 is 0.660 bits per heavy atom. The number of benzene rings is 1. The van der Waals surface area contributed by atoms with Crippen LogP contribution in [0.3, 0.4) is 0 Å². The molecule has 4 fully saturated rings. The molecule has 1 aromatic carbocycles. The maximum Gasteiger partial charge on any atom is 0.187 e. The molecule has 4 aliphatic rings. The average molecular weight is 742 g/mol. The molecule has 19 heteroatoms. The molecule has 50 heavy (non-hydrogen) atoms. The van der Waals surface area contributed by atoms with Gasteiger partial charge in [0.15, 0.2) is 18.9 Å². The standard InChI is InChI=1S/C31H48ClNO17/c1-13-21(37)28(50-31-26(42)25(41)22(38)17(10-35)48-31)24(40)19(45-13)12-44-30-27(43)29(23(39)18(11-36)47-30)49-20-8-33(7-16(9-34)46-20)6-14-2-4-15(32)5-3-14/h2-5,13,16-31,34-43H,6-12H2,1H3. The van der Waals surface area contributed by atoms with E-state index in [1.165, 1.54) is 6.92 Å². The van der Waals surface area contributed by atoms with Crippen LogP contribution in [0.25, 0.3) is 0 Å². The Balaban J connectivity index is 1.23. The number of halogens is 1. The fourth-order valence-corrected chi connectivity index (χ4v) is 6.62. The zero-order chi connectivity index (χ0) is 36.3. The second-order valence-electron chi connectivity index (χ2n) is 13.0. The minimum atomic E-state index is -1.80. The summed E-state index contributed by atoms with van der Waals surface area (Å²) in [6, 6.07) is 7.23. The van der Waals surface area contributed by atoms with Gasteiger partial charge in [-0.1, -0.05) is 23.7 Å². The largest absolute Gasteiger partial charge is 0.394 e. The van der Waals surface area contributed by atoms with Crippen LogP contribution in [0.1, 0.15) is 12.5 Å². The van der Waals surface area contributed by atoms with Crippen LogP contribution in [0, 0.1) is 0 Å². The second kappa shape index (κ2) is 17.7. The molecule has 17 unspecified atom stereocenters. The summed E-state index contributed by atoms with van der Waals surface area (Å²) < 4.78 is 40.0. The van der Waals surface area contributed by atoms with Crippen LogP contribution in [0.2, 0.25) is 5.02 Å². The summed E-state index contributed by atoms with van der Waals surface area (Å²) in [6.07, 6.45) is -24.0. The van der Waals surface area contributed by atoms with Gasteiger partial charge in [-0.15, -0.1) is 0 Å². The fourth-order valence-electron chi connectivity index (χ4n) is 6.49. The summed E-state index contributed by atoms with van der Waals surface area (Å²) in [5.41, 5.74) is 0.946. The summed E-state index contributed by atoms with van der Waals surface area (Å²) in [7, 11) is 0.